The van der Waals surface area contributed by atoms with Gasteiger partial charge < -0.3 is 20.4 Å². The van der Waals surface area contributed by atoms with Crippen molar-refractivity contribution in [3.05, 3.63) is 311 Å². The second-order valence-corrected chi connectivity index (χ2v) is 21.8. The summed E-state index contributed by atoms with van der Waals surface area (Å²) in [6, 6.07) is 60.8. The lowest BCUT2D eigenvalue weighted by atomic mass is 10.1. The molecule has 0 aliphatic carbocycles. The summed E-state index contributed by atoms with van der Waals surface area (Å²) in [7, 11) is 0. The fourth-order valence-corrected chi connectivity index (χ4v) is 9.87. The number of hydrogen-bond donors (Lipinski definition) is 2. The van der Waals surface area contributed by atoms with Gasteiger partial charge in [0, 0.05) is 73.3 Å². The molecule has 10 nitrogen and oxygen atoms in total. The van der Waals surface area contributed by atoms with Crippen molar-refractivity contribution >= 4 is 123 Å². The van der Waals surface area contributed by atoms with Crippen molar-refractivity contribution in [2.45, 2.75) is 32.6 Å². The molecule has 0 spiro atoms. The lowest BCUT2D eigenvalue weighted by Gasteiger charge is -2.25. The molecule has 2 N–H and O–H groups in total. The molecule has 3 aromatic heterocycles. The molecule has 0 unspecified atom stereocenters. The topological polar surface area (TPSA) is 120 Å². The first-order valence-electron chi connectivity index (χ1n) is 25.6. The van der Waals surface area contributed by atoms with E-state index >= 15 is 0 Å². The monoisotopic (exact) mass is 1380 g/mol. The molecule has 0 aliphatic heterocycles. The summed E-state index contributed by atoms with van der Waals surface area (Å²) in [5.74, 6) is -0.560. The van der Waals surface area contributed by atoms with Gasteiger partial charge >= 0.3 is 0 Å². The first-order valence-corrected chi connectivity index (χ1v) is 29.1. The molecule has 0 aliphatic rings. The standard InChI is InChI=1S/C27H23BrFN3O.C19H13BrClFN2O.C12H10ClFN2.C7H4BrClO/c1-19(21-7-3-2-4-8-21)31-26-17-23(15-16-30-26)32(18-20-11-13-22(29)14-12-20)27(33)24-9-5-6-10-25(24)28;20-17-4-2-1-3-16(17)19(25)24(15-9-10-23-18(21)11-15)12-13-5-7-14(22)8-6-13;13-12-7-11(5-6-15-12)16-8-9-1-3-10(14)4-2-9;8-6-4-2-1-3-5(6)7(9)10/h2-17,19H,18H2,1H3,(H,30,31);1-11H,12H2;1-7H,8H2,(H,15,16);1-4H/t19-;;;/m0.../s1. The molecule has 19 heteroatoms. The van der Waals surface area contributed by atoms with E-state index in [-0.39, 0.29) is 48.4 Å². The van der Waals surface area contributed by atoms with Gasteiger partial charge in [-0.25, -0.2) is 28.1 Å². The van der Waals surface area contributed by atoms with Crippen LogP contribution < -0.4 is 20.4 Å². The van der Waals surface area contributed by atoms with Crippen molar-refractivity contribution in [3.63, 3.8) is 0 Å². The molecule has 0 saturated carbocycles. The maximum atomic E-state index is 13.6. The zero-order valence-corrected chi connectivity index (χ0v) is 51.5. The fraction of sp³-hybridized carbons (Fsp3) is 0.0769. The van der Waals surface area contributed by atoms with Crippen molar-refractivity contribution in [1.82, 2.24) is 15.0 Å². The molecule has 10 rings (SSSR count). The lowest BCUT2D eigenvalue weighted by Crippen LogP contribution is -2.31. The molecule has 0 radical (unpaired) electrons. The zero-order chi connectivity index (χ0) is 60.0. The van der Waals surface area contributed by atoms with E-state index in [0.29, 0.717) is 59.7 Å². The highest BCUT2D eigenvalue weighted by molar-refractivity contribution is 9.11. The molecule has 10 aromatic rings. The third-order valence-electron chi connectivity index (χ3n) is 12.2. The van der Waals surface area contributed by atoms with E-state index in [1.54, 1.807) is 125 Å². The van der Waals surface area contributed by atoms with Gasteiger partial charge in [0.1, 0.15) is 33.6 Å². The average Bonchev–Trinajstić information content (AvgIpc) is 3.66. The van der Waals surface area contributed by atoms with Gasteiger partial charge in [0.2, 0.25) is 0 Å². The Morgan fingerprint density at radius 1 is 0.488 bits per heavy atom. The van der Waals surface area contributed by atoms with Crippen LogP contribution in [0.2, 0.25) is 10.3 Å². The summed E-state index contributed by atoms with van der Waals surface area (Å²) in [5.41, 5.74) is 7.54. The Bertz CT molecular complexity index is 3790. The number of halogens is 9. The number of rotatable bonds is 15. The Morgan fingerprint density at radius 3 is 1.33 bits per heavy atom. The molecule has 7 aromatic carbocycles. The first kappa shape index (κ1) is 63.9. The van der Waals surface area contributed by atoms with Gasteiger partial charge in [-0.05, 0) is 176 Å². The largest absolute Gasteiger partial charge is 0.381 e. The quantitative estimate of drug-likeness (QED) is 0.0769. The van der Waals surface area contributed by atoms with Gasteiger partial charge in [0.05, 0.1) is 24.2 Å². The number of pyridine rings is 3. The maximum Gasteiger partial charge on any atom is 0.259 e. The van der Waals surface area contributed by atoms with Crippen LogP contribution in [-0.2, 0) is 19.6 Å². The molecule has 84 heavy (non-hydrogen) atoms. The van der Waals surface area contributed by atoms with Crippen molar-refractivity contribution in [2.75, 3.05) is 20.4 Å². The number of aromatic nitrogens is 3. The summed E-state index contributed by atoms with van der Waals surface area (Å²) >= 11 is 27.1. The number of nitrogens with zero attached hydrogens (tertiary/aromatic N) is 5. The average molecular weight is 1380 g/mol. The smallest absolute Gasteiger partial charge is 0.259 e. The van der Waals surface area contributed by atoms with Gasteiger partial charge in [-0.1, -0.05) is 142 Å². The van der Waals surface area contributed by atoms with Crippen LogP contribution in [0.4, 0.5) is 36.1 Å². The number of carbonyl (C=O) groups excluding carboxylic acids is 3. The van der Waals surface area contributed by atoms with E-state index < -0.39 is 5.24 Å². The van der Waals surface area contributed by atoms with E-state index in [2.05, 4.69) is 92.4 Å². The molecule has 0 saturated heterocycles. The van der Waals surface area contributed by atoms with Gasteiger partial charge in [-0.2, -0.15) is 0 Å². The van der Waals surface area contributed by atoms with Crippen LogP contribution in [0.1, 0.15) is 66.3 Å². The van der Waals surface area contributed by atoms with E-state index in [1.807, 2.05) is 66.7 Å². The van der Waals surface area contributed by atoms with Crippen LogP contribution in [0.25, 0.3) is 0 Å². The first-order chi connectivity index (χ1) is 40.5. The third-order valence-corrected chi connectivity index (χ3v) is 14.9. The van der Waals surface area contributed by atoms with Crippen LogP contribution in [0, 0.1) is 17.5 Å². The predicted octanol–water partition coefficient (Wildman–Crippen LogP) is 18.8. The van der Waals surface area contributed by atoms with Crippen LogP contribution in [-0.4, -0.2) is 32.0 Å². The summed E-state index contributed by atoms with van der Waals surface area (Å²) < 4.78 is 41.4. The second-order valence-electron chi connectivity index (χ2n) is 18.1. The maximum absolute atomic E-state index is 13.6. The highest BCUT2D eigenvalue weighted by Crippen LogP contribution is 2.29. The van der Waals surface area contributed by atoms with E-state index in [9.17, 15) is 27.6 Å². The minimum absolute atomic E-state index is 0.0402. The zero-order valence-electron chi connectivity index (χ0n) is 44.5. The third kappa shape index (κ3) is 19.7. The number of amides is 2. The molecule has 3 heterocycles. The Hall–Kier alpha value is -7.70. The molecule has 2 amide bonds. The van der Waals surface area contributed by atoms with Crippen LogP contribution in [0.3, 0.4) is 0 Å². The normalized spacial score (nSPS) is 10.7. The van der Waals surface area contributed by atoms with Crippen molar-refractivity contribution in [2.24, 2.45) is 0 Å². The van der Waals surface area contributed by atoms with E-state index in [0.717, 1.165) is 32.4 Å². The summed E-state index contributed by atoms with van der Waals surface area (Å²) in [4.78, 5) is 52.8. The van der Waals surface area contributed by atoms with Crippen molar-refractivity contribution in [1.29, 1.82) is 0 Å². The Labute approximate surface area is 525 Å². The van der Waals surface area contributed by atoms with Crippen LogP contribution >= 0.6 is 82.6 Å². The number of hydrogen-bond acceptors (Lipinski definition) is 8. The molecule has 0 fully saturated rings. The Balaban J connectivity index is 0.000000174. The molecular weight excluding hydrogens is 1330 g/mol. The number of anilines is 4. The van der Waals surface area contributed by atoms with Gasteiger partial charge in [0.25, 0.3) is 17.1 Å². The lowest BCUT2D eigenvalue weighted by molar-refractivity contribution is 0.0976. The highest BCUT2D eigenvalue weighted by atomic mass is 79.9. The van der Waals surface area contributed by atoms with Crippen LogP contribution in [0.15, 0.2) is 244 Å². The molecule has 1 atom stereocenters. The highest BCUT2D eigenvalue weighted by Gasteiger charge is 2.23. The SMILES string of the molecule is C[C@H](Nc1cc(N(Cc2ccc(F)cc2)C(=O)c2ccccc2Br)ccn1)c1ccccc1.Fc1ccc(CNc2ccnc(Cl)c2)cc1.O=C(Cl)c1ccccc1Br.O=C(c1ccccc1Br)N(Cc1ccc(F)cc1)c1ccnc(Cl)c1. The fourth-order valence-electron chi connectivity index (χ4n) is 7.88. The predicted molar refractivity (Wildman–Crippen MR) is 341 cm³/mol. The molecule has 426 valence electrons. The molecule has 0 bridgehead atoms. The minimum atomic E-state index is -0.438. The van der Waals surface area contributed by atoms with Crippen molar-refractivity contribution < 1.29 is 27.6 Å². The van der Waals surface area contributed by atoms with E-state index in [1.165, 1.54) is 36.4 Å². The number of nitrogens with one attached hydrogen (secondary N) is 2. The summed E-state index contributed by atoms with van der Waals surface area (Å²) in [5, 5.41) is 6.89. The summed E-state index contributed by atoms with van der Waals surface area (Å²) in [6.45, 7) is 3.26. The number of benzene rings is 7. The Kier molecular flexibility index (Phi) is 24.6. The van der Waals surface area contributed by atoms with Crippen LogP contribution in [0.5, 0.6) is 0 Å². The molecular formula is C65H50Br3Cl3F3N7O3. The van der Waals surface area contributed by atoms with Crippen molar-refractivity contribution in [3.8, 4) is 0 Å². The van der Waals surface area contributed by atoms with Gasteiger partial charge in [-0.15, -0.1) is 0 Å². The summed E-state index contributed by atoms with van der Waals surface area (Å²) in [6.07, 6.45) is 4.86. The van der Waals surface area contributed by atoms with E-state index in [4.69, 9.17) is 34.8 Å². The minimum Gasteiger partial charge on any atom is -0.381 e. The van der Waals surface area contributed by atoms with Gasteiger partial charge in [-0.3, -0.25) is 14.4 Å². The Morgan fingerprint density at radius 2 is 0.893 bits per heavy atom. The second kappa shape index (κ2) is 32.4. The van der Waals surface area contributed by atoms with Gasteiger partial charge in [0.15, 0.2) is 0 Å². The number of carbonyl (C=O) groups is 3.